The monoisotopic (exact) mass is 339 g/mol. The first-order valence-electron chi connectivity index (χ1n) is 7.30. The van der Waals surface area contributed by atoms with Gasteiger partial charge < -0.3 is 9.42 Å². The van der Waals surface area contributed by atoms with E-state index in [1.165, 1.54) is 6.07 Å². The first-order valence-corrected chi connectivity index (χ1v) is 7.30. The molecule has 0 aliphatic carbocycles. The lowest BCUT2D eigenvalue weighted by atomic mass is 10.2. The Kier molecular flexibility index (Phi) is 3.18. The summed E-state index contributed by atoms with van der Waals surface area (Å²) in [6, 6.07) is 2.90. The molecule has 3 aromatic rings. The molecular formula is C13H12F3N7O. The van der Waals surface area contributed by atoms with Gasteiger partial charge in [-0.05, 0) is 25.0 Å². The van der Waals surface area contributed by atoms with Crippen molar-refractivity contribution >= 4 is 11.5 Å². The van der Waals surface area contributed by atoms with Crippen LogP contribution >= 0.6 is 0 Å². The molecule has 1 aliphatic heterocycles. The SMILES string of the molecule is Cc1nc([C@@H]2CCCN2c2ccc3nnc(C(F)(F)F)n3n2)no1. The average molecular weight is 339 g/mol. The fourth-order valence-corrected chi connectivity index (χ4v) is 2.87. The Hall–Kier alpha value is -2.72. The highest BCUT2D eigenvalue weighted by Crippen LogP contribution is 2.34. The third kappa shape index (κ3) is 2.36. The van der Waals surface area contributed by atoms with Crippen LogP contribution in [0.15, 0.2) is 16.7 Å². The Balaban J connectivity index is 1.75. The maximum atomic E-state index is 13.0. The normalized spacial score (nSPS) is 18.7. The molecule has 3 aromatic heterocycles. The van der Waals surface area contributed by atoms with E-state index in [0.29, 0.717) is 28.6 Å². The molecular weight excluding hydrogens is 327 g/mol. The number of anilines is 1. The minimum atomic E-state index is -4.62. The number of aromatic nitrogens is 6. The maximum absolute atomic E-state index is 13.0. The summed E-state index contributed by atoms with van der Waals surface area (Å²) in [5.41, 5.74) is 0.0391. The molecule has 0 saturated carbocycles. The second-order valence-corrected chi connectivity index (χ2v) is 5.51. The summed E-state index contributed by atoms with van der Waals surface area (Å²) in [5, 5.41) is 14.7. The summed E-state index contributed by atoms with van der Waals surface area (Å²) in [6.45, 7) is 2.33. The van der Waals surface area contributed by atoms with Crippen molar-refractivity contribution in [1.82, 2.24) is 30.0 Å². The van der Waals surface area contributed by atoms with Crippen molar-refractivity contribution in [2.24, 2.45) is 0 Å². The van der Waals surface area contributed by atoms with Crippen LogP contribution in [0.2, 0.25) is 0 Å². The van der Waals surface area contributed by atoms with Gasteiger partial charge in [0.25, 0.3) is 5.82 Å². The van der Waals surface area contributed by atoms with Crippen molar-refractivity contribution in [3.8, 4) is 0 Å². The van der Waals surface area contributed by atoms with Gasteiger partial charge in [0.2, 0.25) is 5.89 Å². The van der Waals surface area contributed by atoms with Crippen molar-refractivity contribution in [3.05, 3.63) is 29.7 Å². The third-order valence-electron chi connectivity index (χ3n) is 3.89. The zero-order valence-electron chi connectivity index (χ0n) is 12.5. The zero-order valence-corrected chi connectivity index (χ0v) is 12.5. The molecule has 11 heteroatoms. The van der Waals surface area contributed by atoms with E-state index < -0.39 is 12.0 Å². The van der Waals surface area contributed by atoms with Gasteiger partial charge in [-0.25, -0.2) is 0 Å². The molecule has 0 unspecified atom stereocenters. The minimum Gasteiger partial charge on any atom is -0.345 e. The van der Waals surface area contributed by atoms with Gasteiger partial charge in [0.15, 0.2) is 11.5 Å². The molecule has 0 radical (unpaired) electrons. The first-order chi connectivity index (χ1) is 11.4. The number of halogens is 3. The molecule has 1 aliphatic rings. The number of hydrogen-bond acceptors (Lipinski definition) is 7. The zero-order chi connectivity index (χ0) is 16.9. The highest BCUT2D eigenvalue weighted by molar-refractivity contribution is 5.47. The summed E-state index contributed by atoms with van der Waals surface area (Å²) in [6.07, 6.45) is -3.00. The summed E-state index contributed by atoms with van der Waals surface area (Å²) in [4.78, 5) is 6.08. The van der Waals surface area contributed by atoms with E-state index in [9.17, 15) is 13.2 Å². The molecule has 0 spiro atoms. The lowest BCUT2D eigenvalue weighted by Gasteiger charge is -2.23. The molecule has 4 rings (SSSR count). The van der Waals surface area contributed by atoms with Gasteiger partial charge in [-0.3, -0.25) is 0 Å². The van der Waals surface area contributed by atoms with Crippen LogP contribution in [0.5, 0.6) is 0 Å². The van der Waals surface area contributed by atoms with E-state index in [2.05, 4.69) is 25.4 Å². The van der Waals surface area contributed by atoms with Gasteiger partial charge in [-0.15, -0.1) is 15.3 Å². The van der Waals surface area contributed by atoms with Crippen LogP contribution in [0.4, 0.5) is 19.0 Å². The van der Waals surface area contributed by atoms with Crippen molar-refractivity contribution in [1.29, 1.82) is 0 Å². The molecule has 24 heavy (non-hydrogen) atoms. The molecule has 4 heterocycles. The van der Waals surface area contributed by atoms with Gasteiger partial charge in [0, 0.05) is 13.5 Å². The van der Waals surface area contributed by atoms with Crippen molar-refractivity contribution in [2.75, 3.05) is 11.4 Å². The number of aryl methyl sites for hydroxylation is 1. The highest BCUT2D eigenvalue weighted by Gasteiger charge is 2.38. The minimum absolute atomic E-state index is 0.0391. The lowest BCUT2D eigenvalue weighted by molar-refractivity contribution is -0.146. The van der Waals surface area contributed by atoms with Gasteiger partial charge in [0.1, 0.15) is 5.82 Å². The predicted molar refractivity (Wildman–Crippen MR) is 74.1 cm³/mol. The third-order valence-corrected chi connectivity index (χ3v) is 3.89. The van der Waals surface area contributed by atoms with Gasteiger partial charge in [-0.1, -0.05) is 5.16 Å². The smallest absolute Gasteiger partial charge is 0.345 e. The largest absolute Gasteiger partial charge is 0.453 e. The molecule has 1 atom stereocenters. The molecule has 0 N–H and O–H groups in total. The molecule has 1 fully saturated rings. The number of nitrogens with zero attached hydrogens (tertiary/aromatic N) is 7. The molecule has 126 valence electrons. The van der Waals surface area contributed by atoms with E-state index >= 15 is 0 Å². The Morgan fingerprint density at radius 2 is 2.08 bits per heavy atom. The van der Waals surface area contributed by atoms with Gasteiger partial charge in [-0.2, -0.15) is 22.7 Å². The Morgan fingerprint density at radius 1 is 1.25 bits per heavy atom. The van der Waals surface area contributed by atoms with Gasteiger partial charge in [0.05, 0.1) is 6.04 Å². The molecule has 0 aromatic carbocycles. The Morgan fingerprint density at radius 3 is 2.79 bits per heavy atom. The van der Waals surface area contributed by atoms with Crippen molar-refractivity contribution in [3.63, 3.8) is 0 Å². The standard InChI is InChI=1S/C13H12F3N7O/c1-7-17-11(21-24-7)8-3-2-6-22(8)10-5-4-9-18-19-12(13(14,15)16)23(9)20-10/h4-5,8H,2-3,6H2,1H3/t8-/m0/s1. The summed E-state index contributed by atoms with van der Waals surface area (Å²) < 4.78 is 44.7. The van der Waals surface area contributed by atoms with Crippen LogP contribution in [0, 0.1) is 6.92 Å². The average Bonchev–Trinajstić information content (AvgIpc) is 3.23. The topological polar surface area (TPSA) is 85.2 Å². The Bertz CT molecular complexity index is 887. The van der Waals surface area contributed by atoms with Gasteiger partial charge >= 0.3 is 6.18 Å². The van der Waals surface area contributed by atoms with Crippen LogP contribution in [-0.4, -0.2) is 36.5 Å². The molecule has 0 bridgehead atoms. The highest BCUT2D eigenvalue weighted by atomic mass is 19.4. The van der Waals surface area contributed by atoms with Crippen molar-refractivity contribution < 1.29 is 17.7 Å². The molecule has 8 nitrogen and oxygen atoms in total. The summed E-state index contributed by atoms with van der Waals surface area (Å²) in [7, 11) is 0. The second-order valence-electron chi connectivity index (χ2n) is 5.51. The quantitative estimate of drug-likeness (QED) is 0.707. The van der Waals surface area contributed by atoms with E-state index in [4.69, 9.17) is 4.52 Å². The van der Waals surface area contributed by atoms with E-state index in [0.717, 1.165) is 12.8 Å². The number of alkyl halides is 3. The van der Waals surface area contributed by atoms with Crippen LogP contribution in [0.25, 0.3) is 5.65 Å². The lowest BCUT2D eigenvalue weighted by Crippen LogP contribution is -2.25. The van der Waals surface area contributed by atoms with E-state index in [-0.39, 0.29) is 11.7 Å². The van der Waals surface area contributed by atoms with Crippen LogP contribution < -0.4 is 4.90 Å². The van der Waals surface area contributed by atoms with Crippen LogP contribution in [0.3, 0.4) is 0 Å². The van der Waals surface area contributed by atoms with Crippen molar-refractivity contribution in [2.45, 2.75) is 32.0 Å². The maximum Gasteiger partial charge on any atom is 0.453 e. The summed E-state index contributed by atoms with van der Waals surface area (Å²) in [5.74, 6) is 0.188. The fourth-order valence-electron chi connectivity index (χ4n) is 2.87. The predicted octanol–water partition coefficient (Wildman–Crippen LogP) is 2.18. The number of rotatable bonds is 2. The molecule has 0 amide bonds. The number of fused-ring (bicyclic) bond motifs is 1. The fraction of sp³-hybridized carbons (Fsp3) is 0.462. The first kappa shape index (κ1) is 14.8. The molecule has 1 saturated heterocycles. The van der Waals surface area contributed by atoms with E-state index in [1.807, 2.05) is 4.90 Å². The summed E-state index contributed by atoms with van der Waals surface area (Å²) >= 11 is 0. The van der Waals surface area contributed by atoms with Crippen LogP contribution in [0.1, 0.15) is 36.4 Å². The Labute approximate surface area is 133 Å². The number of hydrogen-bond donors (Lipinski definition) is 0. The second kappa shape index (κ2) is 5.14. The van der Waals surface area contributed by atoms with E-state index in [1.54, 1.807) is 13.0 Å². The van der Waals surface area contributed by atoms with Crippen LogP contribution in [-0.2, 0) is 6.18 Å².